The number of urea groups is 1. The highest BCUT2D eigenvalue weighted by Crippen LogP contribution is 2.39. The smallest absolute Gasteiger partial charge is 0.325 e. The first-order valence-corrected chi connectivity index (χ1v) is 16.8. The van der Waals surface area contributed by atoms with Crippen molar-refractivity contribution in [1.29, 1.82) is 0 Å². The van der Waals surface area contributed by atoms with Crippen LogP contribution in [0.5, 0.6) is 0 Å². The molecule has 3 atom stereocenters. The number of piperidine rings is 1. The van der Waals surface area contributed by atoms with Crippen LogP contribution in [0.1, 0.15) is 60.8 Å². The molecule has 1 spiro atoms. The van der Waals surface area contributed by atoms with Crippen LogP contribution in [0.4, 0.5) is 4.79 Å². The van der Waals surface area contributed by atoms with Crippen molar-refractivity contribution in [3.8, 4) is 11.1 Å². The Morgan fingerprint density at radius 3 is 2.33 bits per heavy atom. The second kappa shape index (κ2) is 16.0. The highest BCUT2D eigenvalue weighted by atomic mass is 16.7. The van der Waals surface area contributed by atoms with Crippen molar-refractivity contribution in [2.45, 2.75) is 63.6 Å². The fourth-order valence-corrected chi connectivity index (χ4v) is 6.49. The van der Waals surface area contributed by atoms with Crippen molar-refractivity contribution < 1.29 is 38.4 Å². The maximum Gasteiger partial charge on any atom is 0.325 e. The quantitative estimate of drug-likeness (QED) is 0.253. The molecular weight excluding hydrogens is 614 g/mol. The van der Waals surface area contributed by atoms with Gasteiger partial charge in [-0.05, 0) is 40.8 Å². The number of carbonyl (C=O) groups is 2. The molecule has 0 radical (unpaired) electrons. The minimum absolute atomic E-state index is 0.00225. The molecule has 3 saturated heterocycles. The van der Waals surface area contributed by atoms with E-state index in [1.54, 1.807) is 6.92 Å². The van der Waals surface area contributed by atoms with Gasteiger partial charge in [0.05, 0.1) is 38.6 Å². The number of nitrogens with zero attached hydrogens (tertiary/aromatic N) is 1. The van der Waals surface area contributed by atoms with E-state index in [4.69, 9.17) is 23.7 Å². The number of carbonyl (C=O) groups excluding carboxylic acids is 2. The van der Waals surface area contributed by atoms with Gasteiger partial charge in [0.1, 0.15) is 6.54 Å². The summed E-state index contributed by atoms with van der Waals surface area (Å²) in [6.45, 7) is 6.03. The van der Waals surface area contributed by atoms with Gasteiger partial charge in [-0.1, -0.05) is 66.7 Å². The lowest BCUT2D eigenvalue weighted by atomic mass is 9.98. The summed E-state index contributed by atoms with van der Waals surface area (Å²) in [5.74, 6) is -0.889. The molecule has 3 heterocycles. The van der Waals surface area contributed by atoms with Gasteiger partial charge in [0.15, 0.2) is 12.1 Å². The van der Waals surface area contributed by atoms with Crippen molar-refractivity contribution in [1.82, 2.24) is 15.5 Å². The van der Waals surface area contributed by atoms with Gasteiger partial charge in [-0.15, -0.1) is 0 Å². The number of benzene rings is 3. The first-order valence-electron chi connectivity index (χ1n) is 16.8. The zero-order valence-electron chi connectivity index (χ0n) is 27.4. The third-order valence-electron chi connectivity index (χ3n) is 9.10. The molecule has 6 rings (SSSR count). The van der Waals surface area contributed by atoms with E-state index in [1.165, 1.54) is 0 Å². The van der Waals surface area contributed by atoms with E-state index in [9.17, 15) is 14.7 Å². The second-order valence-corrected chi connectivity index (χ2v) is 12.4. The van der Waals surface area contributed by atoms with Crippen molar-refractivity contribution in [3.05, 3.63) is 95.1 Å². The molecule has 48 heavy (non-hydrogen) atoms. The molecule has 256 valence electrons. The normalized spacial score (nSPS) is 22.3. The van der Waals surface area contributed by atoms with Crippen LogP contribution in [0, 0.1) is 0 Å². The first-order chi connectivity index (χ1) is 23.4. The molecule has 0 saturated carbocycles. The third kappa shape index (κ3) is 8.79. The van der Waals surface area contributed by atoms with Crippen LogP contribution < -0.4 is 10.6 Å². The van der Waals surface area contributed by atoms with Crippen LogP contribution in [-0.4, -0.2) is 79.9 Å². The Kier molecular flexibility index (Phi) is 11.4. The number of hydrogen-bond acceptors (Lipinski definition) is 9. The zero-order valence-corrected chi connectivity index (χ0v) is 27.4. The molecule has 11 heteroatoms. The predicted molar refractivity (Wildman–Crippen MR) is 177 cm³/mol. The van der Waals surface area contributed by atoms with Crippen LogP contribution in [0.25, 0.3) is 11.1 Å². The summed E-state index contributed by atoms with van der Waals surface area (Å²) in [5, 5.41) is 14.8. The number of likely N-dealkylation sites (tertiary alicyclic amines) is 1. The Bertz CT molecular complexity index is 1500. The molecule has 3 N–H and O–H groups in total. The van der Waals surface area contributed by atoms with Crippen LogP contribution in [-0.2, 0) is 41.6 Å². The zero-order chi connectivity index (χ0) is 33.3. The number of esters is 1. The molecule has 11 nitrogen and oxygen atoms in total. The maximum atomic E-state index is 12.1. The van der Waals surface area contributed by atoms with Crippen LogP contribution >= 0.6 is 0 Å². The predicted octanol–water partition coefficient (Wildman–Crippen LogP) is 4.59. The van der Waals surface area contributed by atoms with Crippen molar-refractivity contribution in [2.24, 2.45) is 0 Å². The molecule has 3 aliphatic heterocycles. The molecular formula is C37H45N3O8. The molecule has 2 amide bonds. The van der Waals surface area contributed by atoms with Crippen molar-refractivity contribution >= 4 is 12.0 Å². The van der Waals surface area contributed by atoms with Gasteiger partial charge in [-0.3, -0.25) is 4.79 Å². The topological polar surface area (TPSA) is 128 Å². The lowest BCUT2D eigenvalue weighted by Crippen LogP contribution is -2.48. The van der Waals surface area contributed by atoms with Gasteiger partial charge >= 0.3 is 12.0 Å². The monoisotopic (exact) mass is 659 g/mol. The van der Waals surface area contributed by atoms with Crippen LogP contribution in [0.15, 0.2) is 72.8 Å². The lowest BCUT2D eigenvalue weighted by Gasteiger charge is -2.41. The second-order valence-electron chi connectivity index (χ2n) is 12.4. The summed E-state index contributed by atoms with van der Waals surface area (Å²) in [5.41, 5.74) is 5.82. The Labute approximate surface area is 281 Å². The van der Waals surface area contributed by atoms with Crippen molar-refractivity contribution in [2.75, 3.05) is 46.0 Å². The average molecular weight is 660 g/mol. The summed E-state index contributed by atoms with van der Waals surface area (Å²) >= 11 is 0. The van der Waals surface area contributed by atoms with Crippen LogP contribution in [0.2, 0.25) is 0 Å². The highest BCUT2D eigenvalue weighted by Gasteiger charge is 2.41. The van der Waals surface area contributed by atoms with E-state index in [1.807, 2.05) is 60.7 Å². The van der Waals surface area contributed by atoms with Crippen molar-refractivity contribution in [3.63, 3.8) is 0 Å². The summed E-state index contributed by atoms with van der Waals surface area (Å²) in [7, 11) is 0. The largest absolute Gasteiger partial charge is 0.465 e. The number of rotatable bonds is 11. The van der Waals surface area contributed by atoms with Gasteiger partial charge in [0.25, 0.3) is 0 Å². The fraction of sp³-hybridized carbons (Fsp3) is 0.459. The molecule has 0 aromatic heterocycles. The maximum absolute atomic E-state index is 12.1. The number of hydrogen-bond donors (Lipinski definition) is 3. The first kappa shape index (κ1) is 34.0. The average Bonchev–Trinajstić information content (AvgIpc) is 3.59. The minimum atomic E-state index is -0.540. The van der Waals surface area contributed by atoms with Gasteiger partial charge < -0.3 is 44.3 Å². The van der Waals surface area contributed by atoms with E-state index >= 15 is 0 Å². The van der Waals surface area contributed by atoms with Crippen LogP contribution in [0.3, 0.4) is 0 Å². The highest BCUT2D eigenvalue weighted by molar-refractivity contribution is 5.80. The fourth-order valence-electron chi connectivity index (χ4n) is 6.49. The molecule has 3 aromatic carbocycles. The lowest BCUT2D eigenvalue weighted by molar-refractivity contribution is -0.255. The summed E-state index contributed by atoms with van der Waals surface area (Å²) in [6.07, 6.45) is 1.70. The minimum Gasteiger partial charge on any atom is -0.465 e. The molecule has 0 aliphatic carbocycles. The Morgan fingerprint density at radius 2 is 1.62 bits per heavy atom. The van der Waals surface area contributed by atoms with E-state index in [0.29, 0.717) is 19.8 Å². The summed E-state index contributed by atoms with van der Waals surface area (Å²) in [4.78, 5) is 26.0. The number of amides is 2. The Balaban J connectivity index is 1.10. The summed E-state index contributed by atoms with van der Waals surface area (Å²) < 4.78 is 29.9. The van der Waals surface area contributed by atoms with E-state index in [0.717, 1.165) is 72.3 Å². The standard InChI is InChI=1S/C37H45N3O8/c1-2-44-34(42)23-39-36(43)38-22-27-4-3-5-31(20-27)28-10-12-30(13-11-28)35-47-32(21-33(48-35)29-8-6-26(25-41)7-9-29)24-40-16-14-37(15-17-40)45-18-19-46-37/h3-13,20,32-33,35,41H,2,14-19,21-25H2,1H3,(H2,38,39,43). The van der Waals surface area contributed by atoms with E-state index < -0.39 is 24.1 Å². The number of nitrogens with one attached hydrogen (secondary N) is 2. The molecule has 0 bridgehead atoms. The number of aliphatic hydroxyl groups excluding tert-OH is 1. The van der Waals surface area contributed by atoms with Gasteiger partial charge in [-0.2, -0.15) is 0 Å². The Hall–Kier alpha value is -3.84. The van der Waals surface area contributed by atoms with E-state index in [2.05, 4.69) is 27.7 Å². The van der Waals surface area contributed by atoms with Gasteiger partial charge in [0.2, 0.25) is 0 Å². The van der Waals surface area contributed by atoms with Gasteiger partial charge in [-0.25, -0.2) is 4.79 Å². The molecule has 3 fully saturated rings. The molecule has 3 unspecified atom stereocenters. The third-order valence-corrected chi connectivity index (χ3v) is 9.10. The SMILES string of the molecule is CCOC(=O)CNC(=O)NCc1cccc(-c2ccc(C3OC(CN4CCC5(CC4)OCCO5)CC(c4ccc(CO)cc4)O3)cc2)c1. The Morgan fingerprint density at radius 1 is 0.896 bits per heavy atom. The molecule has 3 aromatic rings. The number of aliphatic hydroxyl groups is 1. The van der Waals surface area contributed by atoms with E-state index in [-0.39, 0.29) is 32.0 Å². The number of ether oxygens (including phenoxy) is 5. The van der Waals surface area contributed by atoms with Gasteiger partial charge in [0, 0.05) is 51.0 Å². The summed E-state index contributed by atoms with van der Waals surface area (Å²) in [6, 6.07) is 23.7. The molecule has 3 aliphatic rings.